The Morgan fingerprint density at radius 2 is 2.04 bits per heavy atom. The Balaban J connectivity index is 1.38. The maximum Gasteiger partial charge on any atom is 0.243 e. The van der Waals surface area contributed by atoms with Gasteiger partial charge in [0.1, 0.15) is 0 Å². The van der Waals surface area contributed by atoms with Gasteiger partial charge in [-0.1, -0.05) is 25.1 Å². The van der Waals surface area contributed by atoms with Crippen LogP contribution in [0.25, 0.3) is 0 Å². The maximum absolute atomic E-state index is 13.0. The molecule has 7 heteroatoms. The molecular weight excluding hydrogens is 374 g/mol. The number of nitrogens with zero attached hydrogens (tertiary/aromatic N) is 2. The normalized spacial score (nSPS) is 24.4. The molecule has 1 spiro atoms. The highest BCUT2D eigenvalue weighted by Crippen LogP contribution is 2.59. The molecule has 28 heavy (non-hydrogen) atoms. The van der Waals surface area contributed by atoms with Crippen LogP contribution < -0.4 is 5.32 Å². The fourth-order valence-electron chi connectivity index (χ4n) is 4.09. The van der Waals surface area contributed by atoms with Crippen LogP contribution in [0.5, 0.6) is 0 Å². The van der Waals surface area contributed by atoms with Crippen molar-refractivity contribution in [2.24, 2.45) is 11.3 Å². The van der Waals surface area contributed by atoms with Gasteiger partial charge in [0.25, 0.3) is 0 Å². The summed E-state index contributed by atoms with van der Waals surface area (Å²) in [6.07, 6.45) is 5.81. The van der Waals surface area contributed by atoms with E-state index in [9.17, 15) is 13.2 Å². The minimum absolute atomic E-state index is 0.00963. The molecule has 1 aliphatic heterocycles. The van der Waals surface area contributed by atoms with E-state index in [1.165, 1.54) is 0 Å². The number of rotatable bonds is 6. The van der Waals surface area contributed by atoms with E-state index in [4.69, 9.17) is 0 Å². The maximum atomic E-state index is 13.0. The van der Waals surface area contributed by atoms with E-state index in [1.807, 2.05) is 31.2 Å². The smallest absolute Gasteiger partial charge is 0.243 e. The number of hydrogen-bond acceptors (Lipinski definition) is 4. The van der Waals surface area contributed by atoms with Gasteiger partial charge in [-0.15, -0.1) is 0 Å². The van der Waals surface area contributed by atoms with E-state index >= 15 is 0 Å². The van der Waals surface area contributed by atoms with Crippen molar-refractivity contribution in [3.05, 3.63) is 59.9 Å². The third-order valence-corrected chi connectivity index (χ3v) is 7.87. The second kappa shape index (κ2) is 7.29. The second-order valence-electron chi connectivity index (χ2n) is 7.78. The number of nitrogens with one attached hydrogen (secondary N) is 1. The average molecular weight is 400 g/mol. The lowest BCUT2D eigenvalue weighted by Gasteiger charge is -2.17. The van der Waals surface area contributed by atoms with Gasteiger partial charge < -0.3 is 5.32 Å². The predicted molar refractivity (Wildman–Crippen MR) is 106 cm³/mol. The topological polar surface area (TPSA) is 79.4 Å². The first kappa shape index (κ1) is 19.1. The second-order valence-corrected chi connectivity index (χ2v) is 9.72. The summed E-state index contributed by atoms with van der Waals surface area (Å²) >= 11 is 0. The Labute approximate surface area is 166 Å². The molecule has 4 rings (SSSR count). The summed E-state index contributed by atoms with van der Waals surface area (Å²) in [6.45, 7) is 3.39. The lowest BCUT2D eigenvalue weighted by atomic mass is 10.0. The SMILES string of the molecule is CCc1ccc(S(=O)(=O)N2CC[C@@]3(C[C@@H]3C(=O)NCc3cccnc3)C2)cc1. The summed E-state index contributed by atoms with van der Waals surface area (Å²) in [5, 5.41) is 2.96. The van der Waals surface area contributed by atoms with Gasteiger partial charge in [-0.05, 0) is 54.0 Å². The van der Waals surface area contributed by atoms with Crippen molar-refractivity contribution >= 4 is 15.9 Å². The molecule has 1 aliphatic carbocycles. The van der Waals surface area contributed by atoms with E-state index in [2.05, 4.69) is 10.3 Å². The third-order valence-electron chi connectivity index (χ3n) is 6.02. The fourth-order valence-corrected chi connectivity index (χ4v) is 5.63. The van der Waals surface area contributed by atoms with Crippen LogP contribution in [-0.2, 0) is 27.8 Å². The summed E-state index contributed by atoms with van der Waals surface area (Å²) < 4.78 is 27.5. The summed E-state index contributed by atoms with van der Waals surface area (Å²) in [4.78, 5) is 16.9. The summed E-state index contributed by atoms with van der Waals surface area (Å²) in [6, 6.07) is 10.9. The van der Waals surface area contributed by atoms with E-state index in [-0.39, 0.29) is 17.2 Å². The molecule has 2 atom stereocenters. The van der Waals surface area contributed by atoms with Crippen LogP contribution in [0.4, 0.5) is 0 Å². The van der Waals surface area contributed by atoms with Gasteiger partial charge in [0, 0.05) is 37.9 Å². The largest absolute Gasteiger partial charge is 0.352 e. The Kier molecular flexibility index (Phi) is 4.97. The van der Waals surface area contributed by atoms with Crippen LogP contribution in [0.3, 0.4) is 0 Å². The van der Waals surface area contributed by atoms with Gasteiger partial charge in [0.15, 0.2) is 0 Å². The standard InChI is InChI=1S/C21H25N3O3S/c1-2-16-5-7-18(8-6-16)28(26,27)24-11-9-21(15-24)12-19(21)20(25)23-14-17-4-3-10-22-13-17/h3-8,10,13,19H,2,9,11-12,14-15H2,1H3,(H,23,25)/t19-,21-/m1/s1. The van der Waals surface area contributed by atoms with E-state index in [1.54, 1.807) is 28.8 Å². The zero-order valence-electron chi connectivity index (χ0n) is 16.0. The molecule has 0 radical (unpaired) electrons. The zero-order chi connectivity index (χ0) is 19.8. The van der Waals surface area contributed by atoms with Crippen LogP contribution in [0.2, 0.25) is 0 Å². The zero-order valence-corrected chi connectivity index (χ0v) is 16.8. The van der Waals surface area contributed by atoms with E-state index < -0.39 is 10.0 Å². The molecule has 2 aromatic rings. The third kappa shape index (κ3) is 3.56. The van der Waals surface area contributed by atoms with Crippen LogP contribution in [0, 0.1) is 11.3 Å². The number of sulfonamides is 1. The lowest BCUT2D eigenvalue weighted by Crippen LogP contribution is -2.31. The minimum atomic E-state index is -3.51. The molecule has 6 nitrogen and oxygen atoms in total. The quantitative estimate of drug-likeness (QED) is 0.809. The number of amides is 1. The molecular formula is C21H25N3O3S. The molecule has 1 aromatic heterocycles. The van der Waals surface area contributed by atoms with Crippen molar-refractivity contribution in [3.8, 4) is 0 Å². The Bertz CT molecular complexity index is 960. The van der Waals surface area contributed by atoms with Crippen LogP contribution in [0.15, 0.2) is 53.7 Å². The predicted octanol–water partition coefficient (Wildman–Crippen LogP) is 2.36. The van der Waals surface area contributed by atoms with Gasteiger partial charge >= 0.3 is 0 Å². The number of aromatic nitrogens is 1. The molecule has 2 fully saturated rings. The number of aryl methyl sites for hydroxylation is 1. The summed E-state index contributed by atoms with van der Waals surface area (Å²) in [5.74, 6) is -0.0951. The minimum Gasteiger partial charge on any atom is -0.352 e. The Hall–Kier alpha value is -2.25. The molecule has 1 amide bonds. The molecule has 0 bridgehead atoms. The number of hydrogen-bond donors (Lipinski definition) is 1. The first-order valence-electron chi connectivity index (χ1n) is 9.70. The van der Waals surface area contributed by atoms with Crippen LogP contribution >= 0.6 is 0 Å². The van der Waals surface area contributed by atoms with Gasteiger partial charge in [-0.3, -0.25) is 9.78 Å². The number of carbonyl (C=O) groups excluding carboxylic acids is 1. The summed E-state index contributed by atoms with van der Waals surface area (Å²) in [5.41, 5.74) is 1.87. The van der Waals surface area contributed by atoms with Crippen molar-refractivity contribution in [3.63, 3.8) is 0 Å². The van der Waals surface area contributed by atoms with Crippen LogP contribution in [0.1, 0.15) is 30.9 Å². The van der Waals surface area contributed by atoms with E-state index in [0.29, 0.717) is 24.5 Å². The first-order valence-corrected chi connectivity index (χ1v) is 11.1. The first-order chi connectivity index (χ1) is 13.4. The Morgan fingerprint density at radius 3 is 2.71 bits per heavy atom. The summed E-state index contributed by atoms with van der Waals surface area (Å²) in [7, 11) is -3.51. The van der Waals surface area contributed by atoms with Crippen molar-refractivity contribution < 1.29 is 13.2 Å². The fraction of sp³-hybridized carbons (Fsp3) is 0.429. The van der Waals surface area contributed by atoms with Crippen molar-refractivity contribution in [2.75, 3.05) is 13.1 Å². The van der Waals surface area contributed by atoms with Crippen molar-refractivity contribution in [2.45, 2.75) is 37.6 Å². The molecule has 1 saturated heterocycles. The van der Waals surface area contributed by atoms with Gasteiger partial charge in [0.2, 0.25) is 15.9 Å². The number of benzene rings is 1. The van der Waals surface area contributed by atoms with Gasteiger partial charge in [-0.2, -0.15) is 4.31 Å². The number of carbonyl (C=O) groups is 1. The molecule has 1 N–H and O–H groups in total. The average Bonchev–Trinajstić information content (AvgIpc) is 3.25. The van der Waals surface area contributed by atoms with Crippen LogP contribution in [-0.4, -0.2) is 36.7 Å². The van der Waals surface area contributed by atoms with Gasteiger partial charge in [0.05, 0.1) is 4.90 Å². The van der Waals surface area contributed by atoms with Gasteiger partial charge in [-0.25, -0.2) is 8.42 Å². The number of pyridine rings is 1. The molecule has 0 unspecified atom stereocenters. The molecule has 2 heterocycles. The molecule has 1 saturated carbocycles. The highest BCUT2D eigenvalue weighted by molar-refractivity contribution is 7.89. The van der Waals surface area contributed by atoms with Crippen molar-refractivity contribution in [1.29, 1.82) is 0 Å². The van der Waals surface area contributed by atoms with E-state index in [0.717, 1.165) is 30.4 Å². The monoisotopic (exact) mass is 399 g/mol. The highest BCUT2D eigenvalue weighted by atomic mass is 32.2. The van der Waals surface area contributed by atoms with Crippen molar-refractivity contribution in [1.82, 2.24) is 14.6 Å². The molecule has 148 valence electrons. The molecule has 1 aromatic carbocycles. The highest BCUT2D eigenvalue weighted by Gasteiger charge is 2.62. The lowest BCUT2D eigenvalue weighted by molar-refractivity contribution is -0.123. The Morgan fingerprint density at radius 1 is 1.25 bits per heavy atom. The molecule has 2 aliphatic rings.